The lowest BCUT2D eigenvalue weighted by molar-refractivity contribution is 0.0782. The van der Waals surface area contributed by atoms with Crippen LogP contribution in [0, 0.1) is 0 Å². The normalized spacial score (nSPS) is 15.4. The summed E-state index contributed by atoms with van der Waals surface area (Å²) in [6.45, 7) is 7.75. The van der Waals surface area contributed by atoms with Gasteiger partial charge in [0.05, 0.1) is 16.4 Å². The van der Waals surface area contributed by atoms with Gasteiger partial charge >= 0.3 is 0 Å². The second kappa shape index (κ2) is 3.35. The van der Waals surface area contributed by atoms with Gasteiger partial charge in [0.15, 0.2) is 0 Å². The van der Waals surface area contributed by atoms with Gasteiger partial charge in [-0.1, -0.05) is 13.8 Å². The average molecular weight is 210 g/mol. The van der Waals surface area contributed by atoms with E-state index < -0.39 is 0 Å². The molecule has 0 aromatic carbocycles. The summed E-state index contributed by atoms with van der Waals surface area (Å²) in [7, 11) is 0. The van der Waals surface area contributed by atoms with E-state index in [0.29, 0.717) is 11.6 Å². The summed E-state index contributed by atoms with van der Waals surface area (Å²) < 4.78 is 0. The van der Waals surface area contributed by atoms with Crippen molar-refractivity contribution in [2.75, 3.05) is 6.54 Å². The Hall–Kier alpha value is -0.900. The predicted octanol–water partition coefficient (Wildman–Crippen LogP) is 2.24. The monoisotopic (exact) mass is 210 g/mol. The van der Waals surface area contributed by atoms with E-state index in [-0.39, 0.29) is 5.91 Å². The highest BCUT2D eigenvalue weighted by Gasteiger charge is 2.30. The highest BCUT2D eigenvalue weighted by Crippen LogP contribution is 2.31. The minimum atomic E-state index is 0.102. The van der Waals surface area contributed by atoms with Crippen molar-refractivity contribution >= 4 is 17.2 Å². The molecule has 0 N–H and O–H groups in total. The summed E-state index contributed by atoms with van der Waals surface area (Å²) in [6.07, 6.45) is 0. The molecular formula is C10H14N2OS. The van der Waals surface area contributed by atoms with Gasteiger partial charge in [-0.2, -0.15) is 0 Å². The molecule has 0 saturated heterocycles. The predicted molar refractivity (Wildman–Crippen MR) is 56.6 cm³/mol. The zero-order valence-electron chi connectivity index (χ0n) is 8.70. The topological polar surface area (TPSA) is 33.2 Å². The second-order valence-electron chi connectivity index (χ2n) is 3.80. The van der Waals surface area contributed by atoms with E-state index in [1.807, 2.05) is 11.8 Å². The Morgan fingerprint density at radius 2 is 2.29 bits per heavy atom. The highest BCUT2D eigenvalue weighted by atomic mass is 32.1. The lowest BCUT2D eigenvalue weighted by atomic mass is 10.2. The van der Waals surface area contributed by atoms with Crippen molar-refractivity contribution in [2.24, 2.45) is 0 Å². The highest BCUT2D eigenvalue weighted by molar-refractivity contribution is 7.12. The number of aromatic nitrogens is 1. The molecule has 1 aliphatic rings. The first-order valence-electron chi connectivity index (χ1n) is 4.92. The molecule has 0 unspecified atom stereocenters. The largest absolute Gasteiger partial charge is 0.332 e. The average Bonchev–Trinajstić information content (AvgIpc) is 2.66. The zero-order valence-corrected chi connectivity index (χ0v) is 9.52. The van der Waals surface area contributed by atoms with Crippen molar-refractivity contribution < 1.29 is 4.79 Å². The zero-order chi connectivity index (χ0) is 10.3. The Morgan fingerprint density at radius 3 is 2.79 bits per heavy atom. The first-order valence-corrected chi connectivity index (χ1v) is 5.74. The van der Waals surface area contributed by atoms with Gasteiger partial charge in [0.25, 0.3) is 5.91 Å². The van der Waals surface area contributed by atoms with E-state index in [0.717, 1.165) is 23.0 Å². The number of carbonyl (C=O) groups excluding carboxylic acids is 1. The SMILES string of the molecule is CCN1Cc2sc(C(C)C)nc2C1=O. The lowest BCUT2D eigenvalue weighted by Gasteiger charge is -2.11. The van der Waals surface area contributed by atoms with Gasteiger partial charge in [0.1, 0.15) is 5.69 Å². The van der Waals surface area contributed by atoms with Crippen molar-refractivity contribution in [1.82, 2.24) is 9.88 Å². The molecule has 3 nitrogen and oxygen atoms in total. The van der Waals surface area contributed by atoms with E-state index in [2.05, 4.69) is 18.8 Å². The maximum absolute atomic E-state index is 11.7. The first kappa shape index (κ1) is 9.65. The molecule has 2 rings (SSSR count). The third-order valence-electron chi connectivity index (χ3n) is 2.41. The summed E-state index contributed by atoms with van der Waals surface area (Å²) in [5.74, 6) is 0.527. The van der Waals surface area contributed by atoms with Crippen LogP contribution in [0.4, 0.5) is 0 Å². The Labute approximate surface area is 87.8 Å². The Kier molecular flexibility index (Phi) is 2.31. The van der Waals surface area contributed by atoms with Gasteiger partial charge in [0, 0.05) is 12.5 Å². The van der Waals surface area contributed by atoms with Crippen LogP contribution >= 0.6 is 11.3 Å². The molecule has 1 amide bonds. The number of nitrogens with zero attached hydrogens (tertiary/aromatic N) is 2. The maximum atomic E-state index is 11.7. The minimum absolute atomic E-state index is 0.102. The third kappa shape index (κ3) is 1.34. The first-order chi connectivity index (χ1) is 6.63. The number of hydrogen-bond donors (Lipinski definition) is 0. The summed E-state index contributed by atoms with van der Waals surface area (Å²) in [4.78, 5) is 19.1. The summed E-state index contributed by atoms with van der Waals surface area (Å²) in [5.41, 5.74) is 0.695. The van der Waals surface area contributed by atoms with Crippen LogP contribution in [-0.2, 0) is 6.54 Å². The summed E-state index contributed by atoms with van der Waals surface area (Å²) in [6, 6.07) is 0. The van der Waals surface area contributed by atoms with Gasteiger partial charge in [-0.15, -0.1) is 11.3 Å². The fourth-order valence-electron chi connectivity index (χ4n) is 1.54. The van der Waals surface area contributed by atoms with Crippen LogP contribution in [0.3, 0.4) is 0 Å². The van der Waals surface area contributed by atoms with E-state index in [1.54, 1.807) is 11.3 Å². The smallest absolute Gasteiger partial charge is 0.274 e. The number of thiazole rings is 1. The number of hydrogen-bond acceptors (Lipinski definition) is 3. The summed E-state index contributed by atoms with van der Waals surface area (Å²) >= 11 is 1.68. The molecule has 0 atom stereocenters. The molecule has 14 heavy (non-hydrogen) atoms. The van der Waals surface area contributed by atoms with Crippen LogP contribution in [-0.4, -0.2) is 22.3 Å². The quantitative estimate of drug-likeness (QED) is 0.750. The van der Waals surface area contributed by atoms with Crippen molar-refractivity contribution in [3.63, 3.8) is 0 Å². The van der Waals surface area contributed by atoms with Gasteiger partial charge in [0.2, 0.25) is 0 Å². The van der Waals surface area contributed by atoms with Gasteiger partial charge in [-0.25, -0.2) is 4.98 Å². The number of rotatable bonds is 2. The third-order valence-corrected chi connectivity index (χ3v) is 3.75. The van der Waals surface area contributed by atoms with E-state index >= 15 is 0 Å². The van der Waals surface area contributed by atoms with Crippen LogP contribution in [0.1, 0.15) is 47.1 Å². The molecule has 0 saturated carbocycles. The molecule has 2 heterocycles. The van der Waals surface area contributed by atoms with Crippen LogP contribution in [0.15, 0.2) is 0 Å². The molecule has 0 radical (unpaired) electrons. The molecule has 0 bridgehead atoms. The summed E-state index contributed by atoms with van der Waals surface area (Å²) in [5, 5.41) is 1.08. The Bertz CT molecular complexity index is 370. The van der Waals surface area contributed by atoms with Crippen molar-refractivity contribution in [1.29, 1.82) is 0 Å². The number of amides is 1. The standard InChI is InChI=1S/C10H14N2OS/c1-4-12-5-7-8(10(12)13)11-9(14-7)6(2)3/h6H,4-5H2,1-3H3. The van der Waals surface area contributed by atoms with E-state index in [4.69, 9.17) is 0 Å². The van der Waals surface area contributed by atoms with Gasteiger partial charge in [-0.3, -0.25) is 4.79 Å². The lowest BCUT2D eigenvalue weighted by Crippen LogP contribution is -2.23. The van der Waals surface area contributed by atoms with Gasteiger partial charge < -0.3 is 4.90 Å². The fourth-order valence-corrected chi connectivity index (χ4v) is 2.62. The van der Waals surface area contributed by atoms with Crippen LogP contribution in [0.5, 0.6) is 0 Å². The molecule has 4 heteroatoms. The molecule has 0 spiro atoms. The van der Waals surface area contributed by atoms with E-state index in [9.17, 15) is 4.79 Å². The Balaban J connectivity index is 2.33. The van der Waals surface area contributed by atoms with Crippen molar-refractivity contribution in [2.45, 2.75) is 33.2 Å². The fraction of sp³-hybridized carbons (Fsp3) is 0.600. The molecule has 1 aliphatic heterocycles. The maximum Gasteiger partial charge on any atom is 0.274 e. The number of fused-ring (bicyclic) bond motifs is 1. The molecular weight excluding hydrogens is 196 g/mol. The number of carbonyl (C=O) groups is 1. The molecule has 0 aliphatic carbocycles. The van der Waals surface area contributed by atoms with Gasteiger partial charge in [-0.05, 0) is 6.92 Å². The molecule has 1 aromatic rings. The molecule has 76 valence electrons. The second-order valence-corrected chi connectivity index (χ2v) is 4.91. The van der Waals surface area contributed by atoms with Crippen molar-refractivity contribution in [3.8, 4) is 0 Å². The van der Waals surface area contributed by atoms with E-state index in [1.165, 1.54) is 0 Å². The van der Waals surface area contributed by atoms with Crippen LogP contribution in [0.2, 0.25) is 0 Å². The Morgan fingerprint density at radius 1 is 1.57 bits per heavy atom. The van der Waals surface area contributed by atoms with Crippen LogP contribution in [0.25, 0.3) is 0 Å². The van der Waals surface area contributed by atoms with Crippen LogP contribution < -0.4 is 0 Å². The molecule has 1 aromatic heterocycles. The van der Waals surface area contributed by atoms with Crippen molar-refractivity contribution in [3.05, 3.63) is 15.6 Å². The molecule has 0 fully saturated rings. The minimum Gasteiger partial charge on any atom is -0.332 e.